The molecule has 2 aromatic rings. The van der Waals surface area contributed by atoms with Crippen LogP contribution in [0.4, 0.5) is 0 Å². The number of rotatable bonds is 13. The van der Waals surface area contributed by atoms with Crippen molar-refractivity contribution in [3.05, 3.63) is 40.9 Å². The van der Waals surface area contributed by atoms with E-state index in [0.717, 1.165) is 21.6 Å². The van der Waals surface area contributed by atoms with Crippen LogP contribution in [0.1, 0.15) is 76.8 Å². The van der Waals surface area contributed by atoms with Crippen LogP contribution in [0, 0.1) is 23.2 Å². The number of ketones is 2. The van der Waals surface area contributed by atoms with Gasteiger partial charge in [0.25, 0.3) is 0 Å². The zero-order chi connectivity index (χ0) is 25.4. The summed E-state index contributed by atoms with van der Waals surface area (Å²) >= 11 is 1.56. The Morgan fingerprint density at radius 3 is 2.53 bits per heavy atom. The van der Waals surface area contributed by atoms with E-state index in [9.17, 15) is 14.4 Å². The Morgan fingerprint density at radius 2 is 1.94 bits per heavy atom. The van der Waals surface area contributed by atoms with Gasteiger partial charge in [-0.2, -0.15) is 5.26 Å². The van der Waals surface area contributed by atoms with Crippen LogP contribution in [-0.4, -0.2) is 28.5 Å². The van der Waals surface area contributed by atoms with Crippen molar-refractivity contribution in [1.29, 1.82) is 5.26 Å². The highest BCUT2D eigenvalue weighted by molar-refractivity contribution is 7.18. The van der Waals surface area contributed by atoms with Crippen LogP contribution in [0.5, 0.6) is 0 Å². The average molecular weight is 482 g/mol. The van der Waals surface area contributed by atoms with Gasteiger partial charge in [0.15, 0.2) is 5.78 Å². The molecular weight excluding hydrogens is 446 g/mol. The molecule has 7 heteroatoms. The summed E-state index contributed by atoms with van der Waals surface area (Å²) in [5.41, 5.74) is 2.07. The maximum Gasteiger partial charge on any atom is 0.224 e. The number of Topliss-reactive ketones (excluding diaryl/α,β-unsaturated/α-hetero) is 2. The van der Waals surface area contributed by atoms with Crippen LogP contribution < -0.4 is 5.32 Å². The second-order valence-electron chi connectivity index (χ2n) is 9.35. The van der Waals surface area contributed by atoms with E-state index >= 15 is 0 Å². The number of nitrogens with one attached hydrogen (secondary N) is 1. The second kappa shape index (κ2) is 12.6. The van der Waals surface area contributed by atoms with Crippen molar-refractivity contribution >= 4 is 39.0 Å². The summed E-state index contributed by atoms with van der Waals surface area (Å²) in [4.78, 5) is 42.0. The Hall–Kier alpha value is -2.85. The largest absolute Gasteiger partial charge is 0.353 e. The van der Waals surface area contributed by atoms with Crippen LogP contribution >= 0.6 is 11.3 Å². The molecule has 182 valence electrons. The minimum atomic E-state index is -0.529. The molecule has 0 aliphatic carbocycles. The number of carbonyl (C=O) groups is 3. The molecule has 0 saturated carbocycles. The fraction of sp³-hybridized carbons (Fsp3) is 0.519. The minimum Gasteiger partial charge on any atom is -0.353 e. The predicted octanol–water partition coefficient (Wildman–Crippen LogP) is 5.52. The Kier molecular flexibility index (Phi) is 10.1. The number of carbonyl (C=O) groups excluding carboxylic acids is 3. The van der Waals surface area contributed by atoms with Crippen LogP contribution in [0.2, 0.25) is 0 Å². The van der Waals surface area contributed by atoms with Crippen LogP contribution in [-0.2, 0) is 20.8 Å². The molecule has 1 aromatic carbocycles. The zero-order valence-corrected chi connectivity index (χ0v) is 21.6. The van der Waals surface area contributed by atoms with Crippen molar-refractivity contribution < 1.29 is 14.4 Å². The number of hydrogen-bond donors (Lipinski definition) is 1. The molecule has 0 aliphatic rings. The number of allylic oxidation sites excluding steroid dienone is 1. The van der Waals surface area contributed by atoms with E-state index in [4.69, 9.17) is 10.2 Å². The van der Waals surface area contributed by atoms with E-state index in [1.165, 1.54) is 12.5 Å². The van der Waals surface area contributed by atoms with Crippen molar-refractivity contribution in [2.24, 2.45) is 11.8 Å². The van der Waals surface area contributed by atoms with Gasteiger partial charge in [-0.15, -0.1) is 11.3 Å². The third-order valence-corrected chi connectivity index (χ3v) is 7.30. The molecule has 1 N–H and O–H groups in total. The van der Waals surface area contributed by atoms with Gasteiger partial charge < -0.3 is 10.1 Å². The highest BCUT2D eigenvalue weighted by Gasteiger charge is 2.27. The SMILES string of the molecule is C=C(C#N)C(=O)CC[C@@H](NC(=O)[C@@H](CC(C)=O)Cc1nc2ccc(C(C)C)cc2s1)[C@@H](C)CC. The van der Waals surface area contributed by atoms with Crippen LogP contribution in [0.15, 0.2) is 30.4 Å². The lowest BCUT2D eigenvalue weighted by molar-refractivity contribution is -0.129. The smallest absolute Gasteiger partial charge is 0.224 e. The minimum absolute atomic E-state index is 0.0519. The topological polar surface area (TPSA) is 99.9 Å². The summed E-state index contributed by atoms with van der Waals surface area (Å²) in [6.45, 7) is 13.3. The quantitative estimate of drug-likeness (QED) is 0.300. The molecule has 6 nitrogen and oxygen atoms in total. The van der Waals surface area contributed by atoms with Gasteiger partial charge in [0.05, 0.1) is 26.7 Å². The van der Waals surface area contributed by atoms with Gasteiger partial charge in [-0.25, -0.2) is 4.98 Å². The summed E-state index contributed by atoms with van der Waals surface area (Å²) in [6, 6.07) is 7.79. The summed E-state index contributed by atoms with van der Waals surface area (Å²) < 4.78 is 1.08. The summed E-state index contributed by atoms with van der Waals surface area (Å²) in [5, 5.41) is 12.8. The molecule has 1 heterocycles. The molecule has 0 aliphatic heterocycles. The van der Waals surface area contributed by atoms with E-state index < -0.39 is 5.92 Å². The number of hydrogen-bond acceptors (Lipinski definition) is 6. The molecule has 0 saturated heterocycles. The number of amides is 1. The maximum atomic E-state index is 13.3. The molecule has 0 spiro atoms. The van der Waals surface area contributed by atoms with Crippen molar-refractivity contribution in [1.82, 2.24) is 10.3 Å². The van der Waals surface area contributed by atoms with Gasteiger partial charge in [-0.05, 0) is 42.9 Å². The monoisotopic (exact) mass is 481 g/mol. The van der Waals surface area contributed by atoms with Gasteiger partial charge in [-0.1, -0.05) is 46.8 Å². The van der Waals surface area contributed by atoms with Crippen LogP contribution in [0.25, 0.3) is 10.2 Å². The molecular formula is C27H35N3O3S. The van der Waals surface area contributed by atoms with Gasteiger partial charge in [0.1, 0.15) is 11.9 Å². The van der Waals surface area contributed by atoms with Gasteiger partial charge in [0.2, 0.25) is 5.91 Å². The highest BCUT2D eigenvalue weighted by Crippen LogP contribution is 2.28. The lowest BCUT2D eigenvalue weighted by atomic mass is 9.91. The number of nitrogens with zero attached hydrogens (tertiary/aromatic N) is 2. The Labute approximate surface area is 206 Å². The molecule has 1 aromatic heterocycles. The van der Waals surface area contributed by atoms with E-state index in [1.54, 1.807) is 17.4 Å². The lowest BCUT2D eigenvalue weighted by Gasteiger charge is -2.26. The molecule has 34 heavy (non-hydrogen) atoms. The van der Waals surface area contributed by atoms with Gasteiger partial charge in [-0.3, -0.25) is 9.59 Å². The highest BCUT2D eigenvalue weighted by atomic mass is 32.1. The normalized spacial score (nSPS) is 13.8. The maximum absolute atomic E-state index is 13.3. The van der Waals surface area contributed by atoms with Crippen molar-refractivity contribution in [2.75, 3.05) is 0 Å². The molecule has 0 bridgehead atoms. The summed E-state index contributed by atoms with van der Waals surface area (Å²) in [6.07, 6.45) is 1.92. The number of thiazole rings is 1. The molecule has 0 unspecified atom stereocenters. The Morgan fingerprint density at radius 1 is 1.24 bits per heavy atom. The lowest BCUT2D eigenvalue weighted by Crippen LogP contribution is -2.43. The number of aromatic nitrogens is 1. The Bertz CT molecular complexity index is 1100. The zero-order valence-electron chi connectivity index (χ0n) is 20.8. The molecule has 1 amide bonds. The van der Waals surface area contributed by atoms with Gasteiger partial charge in [0, 0.05) is 25.3 Å². The molecule has 3 atom stereocenters. The molecule has 0 radical (unpaired) electrons. The van der Waals surface area contributed by atoms with E-state index in [0.29, 0.717) is 18.8 Å². The number of benzene rings is 1. The summed E-state index contributed by atoms with van der Waals surface area (Å²) in [7, 11) is 0. The van der Waals surface area contributed by atoms with E-state index in [2.05, 4.69) is 37.9 Å². The van der Waals surface area contributed by atoms with Crippen molar-refractivity contribution in [3.63, 3.8) is 0 Å². The first-order chi connectivity index (χ1) is 16.0. The van der Waals surface area contributed by atoms with Crippen LogP contribution in [0.3, 0.4) is 0 Å². The van der Waals surface area contributed by atoms with E-state index in [1.807, 2.05) is 19.9 Å². The third kappa shape index (κ3) is 7.59. The first-order valence-corrected chi connectivity index (χ1v) is 12.7. The second-order valence-corrected chi connectivity index (χ2v) is 10.5. The first kappa shape index (κ1) is 27.4. The number of nitriles is 1. The number of fused-ring (bicyclic) bond motifs is 1. The molecule has 0 fully saturated rings. The fourth-order valence-corrected chi connectivity index (χ4v) is 4.93. The van der Waals surface area contributed by atoms with E-state index in [-0.39, 0.29) is 47.8 Å². The molecule has 2 rings (SSSR count). The third-order valence-electron chi connectivity index (χ3n) is 6.26. The first-order valence-electron chi connectivity index (χ1n) is 11.9. The Balaban J connectivity index is 2.18. The van der Waals surface area contributed by atoms with Gasteiger partial charge >= 0.3 is 0 Å². The standard InChI is InChI=1S/C27H35N3O3S/c1-7-17(4)22(10-11-24(32)18(5)15-28)30-27(33)21(12-19(6)31)14-26-29-23-9-8-20(16(2)3)13-25(23)34-26/h8-9,13,16-17,21-22H,5,7,10-12,14H2,1-4,6H3,(H,30,33)/t17-,21-,22+/m0/s1. The van der Waals surface area contributed by atoms with Crippen molar-refractivity contribution in [2.45, 2.75) is 78.7 Å². The predicted molar refractivity (Wildman–Crippen MR) is 137 cm³/mol. The average Bonchev–Trinajstić information content (AvgIpc) is 3.20. The van der Waals surface area contributed by atoms with Crippen molar-refractivity contribution in [3.8, 4) is 6.07 Å². The summed E-state index contributed by atoms with van der Waals surface area (Å²) in [5.74, 6) is -0.527. The fourth-order valence-electron chi connectivity index (χ4n) is 3.83.